The van der Waals surface area contributed by atoms with Crippen molar-refractivity contribution in [2.75, 3.05) is 56.2 Å². The lowest BCUT2D eigenvalue weighted by Gasteiger charge is -2.32. The number of halogens is 2. The molecule has 2 fully saturated rings. The van der Waals surface area contributed by atoms with E-state index in [-0.39, 0.29) is 17.8 Å². The van der Waals surface area contributed by atoms with Gasteiger partial charge in [-0.05, 0) is 43.5 Å². The lowest BCUT2D eigenvalue weighted by Crippen LogP contribution is -2.42. The number of morpholine rings is 1. The Hall–Kier alpha value is -3.37. The molecule has 2 aromatic heterocycles. The van der Waals surface area contributed by atoms with E-state index in [9.17, 15) is 4.79 Å². The number of hydrogen-bond acceptors (Lipinski definition) is 6. The molecule has 2 aliphatic heterocycles. The molecule has 36 heavy (non-hydrogen) atoms. The lowest BCUT2D eigenvalue weighted by molar-refractivity contribution is -0.0616. The first-order chi connectivity index (χ1) is 17.5. The molecule has 0 atom stereocenters. The number of pyridine rings is 1. The second-order valence-corrected chi connectivity index (χ2v) is 9.22. The highest BCUT2D eigenvalue weighted by molar-refractivity contribution is 6.05. The number of carbonyl (C=O) groups excluding carboxylic acids is 1. The highest BCUT2D eigenvalue weighted by atomic mass is 19.3. The standard InChI is InChI=1S/C26H30F2N6O2/c27-26(28,18-33-11-13-36-14-12-33)20-7-8-24(34-9-2-1-3-10-34)23(15-20)32-25(35)22-6-4-5-21(31-22)19-16-29-30-17-19/h4-8,15-17H,1-3,9-14,18H2,(H,29,30)(H,32,35). The molecule has 190 valence electrons. The number of nitrogens with one attached hydrogen (secondary N) is 2. The third-order valence-electron chi connectivity index (χ3n) is 6.67. The number of benzene rings is 1. The van der Waals surface area contributed by atoms with Crippen molar-refractivity contribution < 1.29 is 18.3 Å². The van der Waals surface area contributed by atoms with Gasteiger partial charge < -0.3 is 15.0 Å². The SMILES string of the molecule is O=C(Nc1cc(C(F)(F)CN2CCOCC2)ccc1N1CCCCC1)c1cccc(-c2cn[nH]c2)n1. The highest BCUT2D eigenvalue weighted by Gasteiger charge is 2.35. The van der Waals surface area contributed by atoms with Crippen molar-refractivity contribution in [2.24, 2.45) is 0 Å². The summed E-state index contributed by atoms with van der Waals surface area (Å²) in [7, 11) is 0. The summed E-state index contributed by atoms with van der Waals surface area (Å²) in [5.41, 5.74) is 2.55. The quantitative estimate of drug-likeness (QED) is 0.512. The topological polar surface area (TPSA) is 86.4 Å². The molecule has 0 spiro atoms. The smallest absolute Gasteiger partial charge is 0.285 e. The minimum atomic E-state index is -3.07. The van der Waals surface area contributed by atoms with Gasteiger partial charge in [0.25, 0.3) is 11.8 Å². The summed E-state index contributed by atoms with van der Waals surface area (Å²) in [5, 5.41) is 9.54. The van der Waals surface area contributed by atoms with Gasteiger partial charge in [0.15, 0.2) is 0 Å². The highest BCUT2D eigenvalue weighted by Crippen LogP contribution is 2.36. The van der Waals surface area contributed by atoms with E-state index in [1.54, 1.807) is 41.6 Å². The van der Waals surface area contributed by atoms with Gasteiger partial charge in [-0.2, -0.15) is 13.9 Å². The third kappa shape index (κ3) is 5.55. The van der Waals surface area contributed by atoms with Crippen LogP contribution >= 0.6 is 0 Å². The zero-order valence-corrected chi connectivity index (χ0v) is 20.1. The largest absolute Gasteiger partial charge is 0.379 e. The first-order valence-corrected chi connectivity index (χ1v) is 12.3. The van der Waals surface area contributed by atoms with E-state index < -0.39 is 11.8 Å². The minimum Gasteiger partial charge on any atom is -0.379 e. The van der Waals surface area contributed by atoms with Crippen LogP contribution in [0.25, 0.3) is 11.3 Å². The minimum absolute atomic E-state index is 0.120. The Bertz CT molecular complexity index is 1170. The maximum atomic E-state index is 15.3. The fourth-order valence-electron chi connectivity index (χ4n) is 4.70. The van der Waals surface area contributed by atoms with Crippen molar-refractivity contribution in [1.29, 1.82) is 0 Å². The number of hydrogen-bond donors (Lipinski definition) is 2. The van der Waals surface area contributed by atoms with Gasteiger partial charge in [-0.3, -0.25) is 14.8 Å². The molecule has 0 aliphatic carbocycles. The molecule has 2 N–H and O–H groups in total. The van der Waals surface area contributed by atoms with Crippen LogP contribution in [-0.2, 0) is 10.7 Å². The molecule has 8 nitrogen and oxygen atoms in total. The first-order valence-electron chi connectivity index (χ1n) is 12.3. The number of H-pyrrole nitrogens is 1. The molecule has 2 saturated heterocycles. The van der Waals surface area contributed by atoms with Crippen LogP contribution in [0.4, 0.5) is 20.2 Å². The number of carbonyl (C=O) groups is 1. The molecular weight excluding hydrogens is 466 g/mol. The molecule has 2 aliphatic rings. The van der Waals surface area contributed by atoms with Gasteiger partial charge in [0, 0.05) is 43.5 Å². The van der Waals surface area contributed by atoms with Crippen molar-refractivity contribution in [2.45, 2.75) is 25.2 Å². The molecule has 5 rings (SSSR count). The van der Waals surface area contributed by atoms with Crippen LogP contribution in [0.15, 0.2) is 48.8 Å². The maximum absolute atomic E-state index is 15.3. The summed E-state index contributed by atoms with van der Waals surface area (Å²) >= 11 is 0. The second-order valence-electron chi connectivity index (χ2n) is 9.22. The van der Waals surface area contributed by atoms with E-state index in [1.807, 2.05) is 0 Å². The fraction of sp³-hybridized carbons (Fsp3) is 0.423. The van der Waals surface area contributed by atoms with E-state index in [4.69, 9.17) is 4.74 Å². The van der Waals surface area contributed by atoms with Crippen molar-refractivity contribution >= 4 is 17.3 Å². The first kappa shape index (κ1) is 24.3. The number of alkyl halides is 2. The Balaban J connectivity index is 1.42. The Morgan fingerprint density at radius 1 is 1.08 bits per heavy atom. The van der Waals surface area contributed by atoms with E-state index in [1.165, 1.54) is 12.1 Å². The van der Waals surface area contributed by atoms with Gasteiger partial charge >= 0.3 is 0 Å². The molecule has 10 heteroatoms. The second kappa shape index (κ2) is 10.7. The number of amides is 1. The lowest BCUT2D eigenvalue weighted by atomic mass is 10.0. The number of nitrogens with zero attached hydrogens (tertiary/aromatic N) is 4. The molecule has 0 unspecified atom stereocenters. The zero-order chi connectivity index (χ0) is 25.0. The van der Waals surface area contributed by atoms with Crippen LogP contribution in [0, 0.1) is 0 Å². The van der Waals surface area contributed by atoms with Crippen LogP contribution in [0.1, 0.15) is 35.3 Å². The van der Waals surface area contributed by atoms with Crippen LogP contribution in [-0.4, -0.2) is 71.9 Å². The molecule has 4 heterocycles. The summed E-state index contributed by atoms with van der Waals surface area (Å²) in [4.78, 5) is 21.5. The number of aromatic amines is 1. The average molecular weight is 497 g/mol. The Labute approximate surface area is 208 Å². The third-order valence-corrected chi connectivity index (χ3v) is 6.67. The number of ether oxygens (including phenoxy) is 1. The van der Waals surface area contributed by atoms with Crippen molar-refractivity contribution in [3.8, 4) is 11.3 Å². The molecule has 0 radical (unpaired) electrons. The van der Waals surface area contributed by atoms with Gasteiger partial charge in [-0.15, -0.1) is 0 Å². The monoisotopic (exact) mass is 496 g/mol. The van der Waals surface area contributed by atoms with Crippen LogP contribution in [0.5, 0.6) is 0 Å². The van der Waals surface area contributed by atoms with Crippen molar-refractivity contribution in [3.63, 3.8) is 0 Å². The summed E-state index contributed by atoms with van der Waals surface area (Å²) in [6, 6.07) is 9.74. The summed E-state index contributed by atoms with van der Waals surface area (Å²) in [5.74, 6) is -3.52. The molecular formula is C26H30F2N6O2. The normalized spacial score (nSPS) is 17.2. The Morgan fingerprint density at radius 2 is 1.89 bits per heavy atom. The predicted molar refractivity (Wildman–Crippen MR) is 133 cm³/mol. The Kier molecular flexibility index (Phi) is 7.24. The number of piperidine rings is 1. The molecule has 3 aromatic rings. The Morgan fingerprint density at radius 3 is 2.64 bits per heavy atom. The number of aromatic nitrogens is 3. The van der Waals surface area contributed by atoms with Gasteiger partial charge in [-0.1, -0.05) is 12.1 Å². The fourth-order valence-corrected chi connectivity index (χ4v) is 4.70. The van der Waals surface area contributed by atoms with E-state index >= 15 is 8.78 Å². The number of rotatable bonds is 7. The molecule has 1 aromatic carbocycles. The van der Waals surface area contributed by atoms with Gasteiger partial charge in [0.1, 0.15) is 5.69 Å². The summed E-state index contributed by atoms with van der Waals surface area (Å²) in [6.07, 6.45) is 6.50. The van der Waals surface area contributed by atoms with E-state index in [0.29, 0.717) is 37.7 Å². The van der Waals surface area contributed by atoms with Crippen molar-refractivity contribution in [3.05, 3.63) is 60.0 Å². The van der Waals surface area contributed by atoms with Crippen LogP contribution < -0.4 is 10.2 Å². The molecule has 1 amide bonds. The maximum Gasteiger partial charge on any atom is 0.285 e. The summed E-state index contributed by atoms with van der Waals surface area (Å²) in [6.45, 7) is 3.11. The number of anilines is 2. The molecule has 0 bridgehead atoms. The van der Waals surface area contributed by atoms with Crippen LogP contribution in [0.3, 0.4) is 0 Å². The van der Waals surface area contributed by atoms with Gasteiger partial charge in [0.2, 0.25) is 0 Å². The predicted octanol–water partition coefficient (Wildman–Crippen LogP) is 4.14. The zero-order valence-electron chi connectivity index (χ0n) is 20.1. The van der Waals surface area contributed by atoms with E-state index in [2.05, 4.69) is 25.4 Å². The van der Waals surface area contributed by atoms with Gasteiger partial charge in [-0.25, -0.2) is 4.98 Å². The average Bonchev–Trinajstić information content (AvgIpc) is 3.45. The van der Waals surface area contributed by atoms with Crippen LogP contribution in [0.2, 0.25) is 0 Å². The van der Waals surface area contributed by atoms with Crippen molar-refractivity contribution in [1.82, 2.24) is 20.1 Å². The van der Waals surface area contributed by atoms with E-state index in [0.717, 1.165) is 43.6 Å². The van der Waals surface area contributed by atoms with Gasteiger partial charge in [0.05, 0.1) is 43.0 Å². The molecule has 0 saturated carbocycles. The summed E-state index contributed by atoms with van der Waals surface area (Å²) < 4.78 is 36.0.